The van der Waals surface area contributed by atoms with Crippen LogP contribution in [0.5, 0.6) is 11.6 Å². The predicted molar refractivity (Wildman–Crippen MR) is 54.9 cm³/mol. The average Bonchev–Trinajstić information content (AvgIpc) is 2.26. The molecular weight excluding hydrogens is 272 g/mol. The summed E-state index contributed by atoms with van der Waals surface area (Å²) < 4.78 is 34.9. The van der Waals surface area contributed by atoms with Crippen LogP contribution >= 0.6 is 15.9 Å². The van der Waals surface area contributed by atoms with Crippen molar-refractivity contribution in [2.24, 2.45) is 0 Å². The molecule has 1 heterocycles. The van der Waals surface area contributed by atoms with Crippen molar-refractivity contribution in [1.82, 2.24) is 4.98 Å². The van der Waals surface area contributed by atoms with Gasteiger partial charge in [0.05, 0.1) is 25.5 Å². The van der Waals surface area contributed by atoms with Gasteiger partial charge in [-0.1, -0.05) is 15.9 Å². The van der Waals surface area contributed by atoms with E-state index in [-0.39, 0.29) is 11.4 Å². The second-order valence-corrected chi connectivity index (χ2v) is 3.23. The molecular formula is C9H10BrF2NO2. The maximum absolute atomic E-state index is 12.6. The number of aromatic nitrogens is 1. The number of ether oxygens (including phenoxy) is 2. The minimum atomic E-state index is -2.63. The third-order valence-electron chi connectivity index (χ3n) is 1.83. The summed E-state index contributed by atoms with van der Waals surface area (Å²) in [6.07, 6.45) is -2.63. The number of pyridine rings is 1. The van der Waals surface area contributed by atoms with Crippen LogP contribution in [0, 0.1) is 0 Å². The summed E-state index contributed by atoms with van der Waals surface area (Å²) in [4.78, 5) is 3.93. The zero-order valence-corrected chi connectivity index (χ0v) is 9.85. The minimum Gasteiger partial charge on any atom is -0.495 e. The summed E-state index contributed by atoms with van der Waals surface area (Å²) in [5.41, 5.74) is 0.262. The fourth-order valence-corrected chi connectivity index (χ4v) is 1.52. The third kappa shape index (κ3) is 2.56. The number of nitrogens with zero attached hydrogens (tertiary/aromatic N) is 1. The Labute approximate surface area is 94.5 Å². The van der Waals surface area contributed by atoms with Crippen LogP contribution in [0.25, 0.3) is 0 Å². The number of alkyl halides is 3. The Bertz CT molecular complexity index is 347. The van der Waals surface area contributed by atoms with E-state index in [0.29, 0.717) is 16.8 Å². The molecule has 0 saturated carbocycles. The van der Waals surface area contributed by atoms with E-state index in [2.05, 4.69) is 20.9 Å². The van der Waals surface area contributed by atoms with Gasteiger partial charge >= 0.3 is 0 Å². The smallest absolute Gasteiger partial charge is 0.269 e. The lowest BCUT2D eigenvalue weighted by atomic mass is 10.2. The van der Waals surface area contributed by atoms with Crippen molar-refractivity contribution in [1.29, 1.82) is 0 Å². The van der Waals surface area contributed by atoms with Gasteiger partial charge in [0, 0.05) is 5.33 Å². The molecule has 0 aliphatic carbocycles. The van der Waals surface area contributed by atoms with E-state index in [1.807, 2.05) is 0 Å². The van der Waals surface area contributed by atoms with Crippen molar-refractivity contribution >= 4 is 15.9 Å². The van der Waals surface area contributed by atoms with Crippen LogP contribution < -0.4 is 9.47 Å². The summed E-state index contributed by atoms with van der Waals surface area (Å²) in [5, 5.41) is 0.413. The third-order valence-corrected chi connectivity index (χ3v) is 2.36. The molecule has 0 bridgehead atoms. The van der Waals surface area contributed by atoms with Gasteiger partial charge in [-0.05, 0) is 6.07 Å². The lowest BCUT2D eigenvalue weighted by Crippen LogP contribution is -2.01. The van der Waals surface area contributed by atoms with Crippen LogP contribution in [-0.2, 0) is 5.33 Å². The van der Waals surface area contributed by atoms with Gasteiger partial charge in [-0.15, -0.1) is 0 Å². The van der Waals surface area contributed by atoms with Gasteiger partial charge in [0.25, 0.3) is 6.43 Å². The maximum Gasteiger partial charge on any atom is 0.269 e. The standard InChI is InChI=1S/C9H10BrF2NO2/c1-14-7-3-5(8(11)12)9(15-2)13-6(7)4-10/h3,8H,4H2,1-2H3. The highest BCUT2D eigenvalue weighted by atomic mass is 79.9. The molecule has 0 aromatic carbocycles. The Balaban J connectivity index is 3.27. The Morgan fingerprint density at radius 2 is 2.07 bits per heavy atom. The van der Waals surface area contributed by atoms with Crippen molar-refractivity contribution in [2.45, 2.75) is 11.8 Å². The molecule has 1 aromatic rings. The summed E-state index contributed by atoms with van der Waals surface area (Å²) in [5.74, 6) is 0.253. The molecule has 6 heteroatoms. The quantitative estimate of drug-likeness (QED) is 0.796. The van der Waals surface area contributed by atoms with Crippen LogP contribution in [0.15, 0.2) is 6.07 Å². The number of halogens is 3. The van der Waals surface area contributed by atoms with Gasteiger partial charge in [0.2, 0.25) is 5.88 Å². The Kier molecular flexibility index (Phi) is 4.26. The van der Waals surface area contributed by atoms with Crippen LogP contribution in [0.3, 0.4) is 0 Å². The van der Waals surface area contributed by atoms with Gasteiger partial charge in [0.1, 0.15) is 5.75 Å². The summed E-state index contributed by atoms with van der Waals surface area (Å²) in [7, 11) is 2.71. The Morgan fingerprint density at radius 1 is 1.40 bits per heavy atom. The molecule has 0 fully saturated rings. The maximum atomic E-state index is 12.6. The second kappa shape index (κ2) is 5.25. The predicted octanol–water partition coefficient (Wildman–Crippen LogP) is 2.93. The zero-order chi connectivity index (χ0) is 11.4. The molecule has 3 nitrogen and oxygen atoms in total. The number of hydrogen-bond acceptors (Lipinski definition) is 3. The van der Waals surface area contributed by atoms with E-state index in [4.69, 9.17) is 9.47 Å². The molecule has 0 amide bonds. The first-order valence-corrected chi connectivity index (χ1v) is 5.22. The molecule has 0 N–H and O–H groups in total. The molecule has 0 aliphatic rings. The summed E-state index contributed by atoms with van der Waals surface area (Å²) in [6.45, 7) is 0. The highest BCUT2D eigenvalue weighted by molar-refractivity contribution is 9.08. The first kappa shape index (κ1) is 12.2. The molecule has 15 heavy (non-hydrogen) atoms. The molecule has 0 saturated heterocycles. The molecule has 1 aromatic heterocycles. The van der Waals surface area contributed by atoms with Crippen molar-refractivity contribution in [3.05, 3.63) is 17.3 Å². The van der Waals surface area contributed by atoms with E-state index in [1.165, 1.54) is 20.3 Å². The molecule has 0 spiro atoms. The summed E-state index contributed by atoms with van der Waals surface area (Å²) >= 11 is 3.19. The first-order chi connectivity index (χ1) is 7.13. The summed E-state index contributed by atoms with van der Waals surface area (Å²) in [6, 6.07) is 1.24. The van der Waals surface area contributed by atoms with Gasteiger partial charge in [-0.2, -0.15) is 0 Å². The lowest BCUT2D eigenvalue weighted by Gasteiger charge is -2.11. The van der Waals surface area contributed by atoms with Gasteiger partial charge in [0.15, 0.2) is 0 Å². The molecule has 0 atom stereocenters. The number of rotatable bonds is 4. The highest BCUT2D eigenvalue weighted by Crippen LogP contribution is 2.33. The monoisotopic (exact) mass is 281 g/mol. The van der Waals surface area contributed by atoms with Crippen LogP contribution in [0.4, 0.5) is 8.78 Å². The second-order valence-electron chi connectivity index (χ2n) is 2.67. The Hall–Kier alpha value is -0.910. The van der Waals surface area contributed by atoms with Crippen molar-refractivity contribution in [3.8, 4) is 11.6 Å². The zero-order valence-electron chi connectivity index (χ0n) is 8.26. The van der Waals surface area contributed by atoms with Crippen LogP contribution in [0.1, 0.15) is 17.7 Å². The fraction of sp³-hybridized carbons (Fsp3) is 0.444. The number of methoxy groups -OCH3 is 2. The topological polar surface area (TPSA) is 31.4 Å². The van der Waals surface area contributed by atoms with Crippen molar-refractivity contribution in [2.75, 3.05) is 14.2 Å². The van der Waals surface area contributed by atoms with Crippen molar-refractivity contribution < 1.29 is 18.3 Å². The van der Waals surface area contributed by atoms with Gasteiger partial charge in [-0.25, -0.2) is 13.8 Å². The van der Waals surface area contributed by atoms with Gasteiger partial charge < -0.3 is 9.47 Å². The van der Waals surface area contributed by atoms with Gasteiger partial charge in [-0.3, -0.25) is 0 Å². The fourth-order valence-electron chi connectivity index (χ4n) is 1.12. The van der Waals surface area contributed by atoms with E-state index in [0.717, 1.165) is 0 Å². The molecule has 1 rings (SSSR count). The Morgan fingerprint density at radius 3 is 2.47 bits per heavy atom. The van der Waals surface area contributed by atoms with E-state index in [9.17, 15) is 8.78 Å². The molecule has 84 valence electrons. The van der Waals surface area contributed by atoms with Crippen LogP contribution in [-0.4, -0.2) is 19.2 Å². The minimum absolute atomic E-state index is 0.0692. The highest BCUT2D eigenvalue weighted by Gasteiger charge is 2.19. The number of hydrogen-bond donors (Lipinski definition) is 0. The van der Waals surface area contributed by atoms with E-state index < -0.39 is 6.43 Å². The lowest BCUT2D eigenvalue weighted by molar-refractivity contribution is 0.145. The first-order valence-electron chi connectivity index (χ1n) is 4.10. The average molecular weight is 282 g/mol. The molecule has 0 radical (unpaired) electrons. The van der Waals surface area contributed by atoms with Crippen LogP contribution in [0.2, 0.25) is 0 Å². The van der Waals surface area contributed by atoms with E-state index >= 15 is 0 Å². The van der Waals surface area contributed by atoms with E-state index in [1.54, 1.807) is 0 Å². The molecule has 0 aliphatic heterocycles. The SMILES string of the molecule is COc1cc(C(F)F)c(OC)nc1CBr. The largest absolute Gasteiger partial charge is 0.495 e. The van der Waals surface area contributed by atoms with Crippen molar-refractivity contribution in [3.63, 3.8) is 0 Å². The normalized spacial score (nSPS) is 10.5. The molecule has 0 unspecified atom stereocenters.